The van der Waals surface area contributed by atoms with Crippen molar-refractivity contribution in [2.75, 3.05) is 18.9 Å². The van der Waals surface area contributed by atoms with Crippen LogP contribution in [-0.2, 0) is 10.1 Å². The molecule has 0 fully saturated rings. The molecule has 0 saturated heterocycles. The van der Waals surface area contributed by atoms with E-state index in [0.717, 1.165) is 11.1 Å². The number of aliphatic hydroxyl groups is 1. The van der Waals surface area contributed by atoms with Crippen LogP contribution < -0.4 is 18.9 Å². The first-order valence-electron chi connectivity index (χ1n) is 7.82. The Kier molecular flexibility index (Phi) is 8.87. The molecule has 25 heavy (non-hydrogen) atoms. The second-order valence-electron chi connectivity index (χ2n) is 5.70. The van der Waals surface area contributed by atoms with Gasteiger partial charge in [0.15, 0.2) is 0 Å². The van der Waals surface area contributed by atoms with Gasteiger partial charge in [-0.3, -0.25) is 4.90 Å². The van der Waals surface area contributed by atoms with Crippen molar-refractivity contribution in [3.8, 4) is 0 Å². The van der Waals surface area contributed by atoms with Crippen molar-refractivity contribution in [1.82, 2.24) is 4.90 Å². The van der Waals surface area contributed by atoms with Crippen LogP contribution in [0.4, 0.5) is 0 Å². The van der Waals surface area contributed by atoms with Crippen molar-refractivity contribution in [2.24, 2.45) is 0 Å². The molecular formula is C18H22LiNO4S. The molecule has 0 radical (unpaired) electrons. The van der Waals surface area contributed by atoms with Crippen LogP contribution in [0.25, 0.3) is 0 Å². The molecule has 0 aliphatic heterocycles. The van der Waals surface area contributed by atoms with Gasteiger partial charge in [0.05, 0.1) is 28.5 Å². The Bertz CT molecular complexity index is 725. The number of aliphatic hydroxyl groups excluding tert-OH is 1. The average molecular weight is 355 g/mol. The summed E-state index contributed by atoms with van der Waals surface area (Å²) in [6.45, 7) is 1.83. The molecule has 1 N–H and O–H groups in total. The zero-order valence-corrected chi connectivity index (χ0v) is 15.4. The molecule has 2 rings (SSSR count). The number of benzene rings is 2. The summed E-state index contributed by atoms with van der Waals surface area (Å²) in [6.07, 6.45) is 0. The van der Waals surface area contributed by atoms with Crippen LogP contribution in [0.1, 0.15) is 30.1 Å². The van der Waals surface area contributed by atoms with Crippen molar-refractivity contribution >= 4 is 10.1 Å². The molecule has 2 unspecified atom stereocenters. The fraction of sp³-hybridized carbons (Fsp3) is 0.333. The summed E-state index contributed by atoms with van der Waals surface area (Å²) in [5.41, 5.74) is 1.88. The molecular weight excluding hydrogens is 333 g/mol. The van der Waals surface area contributed by atoms with Crippen molar-refractivity contribution in [3.05, 3.63) is 71.8 Å². The van der Waals surface area contributed by atoms with Gasteiger partial charge in [0, 0.05) is 12.6 Å². The van der Waals surface area contributed by atoms with Crippen molar-refractivity contribution in [3.63, 3.8) is 0 Å². The molecule has 0 bridgehead atoms. The van der Waals surface area contributed by atoms with Crippen molar-refractivity contribution in [1.29, 1.82) is 0 Å². The first-order valence-corrected chi connectivity index (χ1v) is 9.40. The van der Waals surface area contributed by atoms with E-state index in [1.807, 2.05) is 72.5 Å². The van der Waals surface area contributed by atoms with Crippen molar-refractivity contribution < 1.29 is 36.9 Å². The summed E-state index contributed by atoms with van der Waals surface area (Å²) >= 11 is 0. The summed E-state index contributed by atoms with van der Waals surface area (Å²) in [5.74, 6) is -0.493. The van der Waals surface area contributed by atoms with Gasteiger partial charge in [-0.05, 0) is 18.1 Å². The van der Waals surface area contributed by atoms with Gasteiger partial charge in [0.25, 0.3) is 0 Å². The van der Waals surface area contributed by atoms with Gasteiger partial charge < -0.3 is 9.66 Å². The zero-order valence-electron chi connectivity index (χ0n) is 14.6. The third-order valence-electron chi connectivity index (χ3n) is 4.14. The Hall–Kier alpha value is -1.13. The molecule has 0 aromatic heterocycles. The van der Waals surface area contributed by atoms with E-state index in [-0.39, 0.29) is 44.1 Å². The zero-order chi connectivity index (χ0) is 17.6. The van der Waals surface area contributed by atoms with Gasteiger partial charge in [-0.15, -0.1) is 0 Å². The third kappa shape index (κ3) is 6.59. The summed E-state index contributed by atoms with van der Waals surface area (Å²) in [6, 6.07) is 18.5. The normalized spacial score (nSPS) is 13.9. The van der Waals surface area contributed by atoms with Gasteiger partial charge >= 0.3 is 18.9 Å². The fourth-order valence-electron chi connectivity index (χ4n) is 2.84. The molecule has 0 amide bonds. The van der Waals surface area contributed by atoms with E-state index >= 15 is 0 Å². The maximum absolute atomic E-state index is 11.1. The Balaban J connectivity index is 0.00000312. The topological polar surface area (TPSA) is 80.7 Å². The Morgan fingerprint density at radius 2 is 1.48 bits per heavy atom. The maximum atomic E-state index is 11.1. The predicted octanol–water partition coefficient (Wildman–Crippen LogP) is -0.668. The summed E-state index contributed by atoms with van der Waals surface area (Å²) in [4.78, 5) is 1.86. The minimum atomic E-state index is -4.33. The van der Waals surface area contributed by atoms with Crippen molar-refractivity contribution in [2.45, 2.75) is 19.0 Å². The largest absolute Gasteiger partial charge is 1.00 e. The van der Waals surface area contributed by atoms with Crippen LogP contribution in [0.3, 0.4) is 0 Å². The van der Waals surface area contributed by atoms with Crippen LogP contribution in [0.2, 0.25) is 0 Å². The number of hydrogen-bond donors (Lipinski definition) is 1. The number of nitrogens with zero attached hydrogens (tertiary/aromatic N) is 1. The first kappa shape index (κ1) is 21.9. The fourth-order valence-corrected chi connectivity index (χ4v) is 3.27. The summed E-state index contributed by atoms with van der Waals surface area (Å²) < 4.78 is 33.3. The molecule has 0 aliphatic rings. The van der Waals surface area contributed by atoms with E-state index in [9.17, 15) is 18.1 Å². The average Bonchev–Trinajstić information content (AvgIpc) is 2.58. The van der Waals surface area contributed by atoms with E-state index in [0.29, 0.717) is 0 Å². The summed E-state index contributed by atoms with van der Waals surface area (Å²) in [7, 11) is -4.33. The first-order chi connectivity index (χ1) is 11.4. The standard InChI is InChI=1S/C18H23NO4S.Li/c1-15(16-8-4-2-5-9-16)19(12-13-24(21,22)23)18(14-20)17-10-6-3-7-11-17;/h2-11,15,18,20H,12-14H2,1H3,(H,21,22,23);/q;+1/p-1. The Labute approximate surface area is 161 Å². The van der Waals surface area contributed by atoms with E-state index in [2.05, 4.69) is 0 Å². The molecule has 5 nitrogen and oxygen atoms in total. The molecule has 0 spiro atoms. The molecule has 7 heteroatoms. The van der Waals surface area contributed by atoms with E-state index in [1.54, 1.807) is 0 Å². The minimum Gasteiger partial charge on any atom is -0.748 e. The van der Waals surface area contributed by atoms with Crippen LogP contribution in [0.15, 0.2) is 60.7 Å². The smallest absolute Gasteiger partial charge is 0.748 e. The van der Waals surface area contributed by atoms with Crippen LogP contribution >= 0.6 is 0 Å². The predicted molar refractivity (Wildman–Crippen MR) is 92.4 cm³/mol. The van der Waals surface area contributed by atoms with Crippen LogP contribution in [-0.4, -0.2) is 41.9 Å². The second kappa shape index (κ2) is 10.1. The van der Waals surface area contributed by atoms with Gasteiger partial charge in [-0.1, -0.05) is 60.7 Å². The van der Waals surface area contributed by atoms with E-state index in [4.69, 9.17) is 0 Å². The molecule has 2 aromatic carbocycles. The maximum Gasteiger partial charge on any atom is 1.00 e. The monoisotopic (exact) mass is 355 g/mol. The summed E-state index contributed by atoms with van der Waals surface area (Å²) in [5, 5.41) is 9.91. The number of rotatable bonds is 8. The molecule has 2 aromatic rings. The number of hydrogen-bond acceptors (Lipinski definition) is 5. The van der Waals surface area contributed by atoms with E-state index in [1.165, 1.54) is 0 Å². The Morgan fingerprint density at radius 3 is 1.92 bits per heavy atom. The van der Waals surface area contributed by atoms with Gasteiger partial charge in [0.2, 0.25) is 0 Å². The van der Waals surface area contributed by atoms with Crippen LogP contribution in [0, 0.1) is 0 Å². The molecule has 0 heterocycles. The SMILES string of the molecule is CC(c1ccccc1)N(CCS(=O)(=O)[O-])C(CO)c1ccccc1.[Li+]. The van der Waals surface area contributed by atoms with Crippen LogP contribution in [0.5, 0.6) is 0 Å². The molecule has 2 atom stereocenters. The molecule has 0 aliphatic carbocycles. The van der Waals surface area contributed by atoms with Gasteiger partial charge in [-0.2, -0.15) is 0 Å². The third-order valence-corrected chi connectivity index (χ3v) is 4.82. The quantitative estimate of drug-likeness (QED) is 0.502. The van der Waals surface area contributed by atoms with Gasteiger partial charge in [0.1, 0.15) is 0 Å². The second-order valence-corrected chi connectivity index (χ2v) is 7.22. The Morgan fingerprint density at radius 1 is 1.00 bits per heavy atom. The molecule has 130 valence electrons. The van der Waals surface area contributed by atoms with Gasteiger partial charge in [-0.25, -0.2) is 8.42 Å². The van der Waals surface area contributed by atoms with E-state index < -0.39 is 15.9 Å². The molecule has 0 saturated carbocycles. The minimum absolute atomic E-state index is 0.